The van der Waals surface area contributed by atoms with Crippen LogP contribution in [0.2, 0.25) is 0 Å². The van der Waals surface area contributed by atoms with Crippen molar-refractivity contribution >= 4 is 41.3 Å². The van der Waals surface area contributed by atoms with Gasteiger partial charge in [-0.05, 0) is 48.5 Å². The average Bonchev–Trinajstić information content (AvgIpc) is 2.87. The van der Waals surface area contributed by atoms with Crippen LogP contribution < -0.4 is 10.6 Å². The van der Waals surface area contributed by atoms with Gasteiger partial charge in [-0.1, -0.05) is 0 Å². The first kappa shape index (κ1) is 24.6. The third-order valence-electron chi connectivity index (χ3n) is 4.75. The zero-order chi connectivity index (χ0) is 19.3. The van der Waals surface area contributed by atoms with Crippen LogP contribution in [0.15, 0.2) is 4.99 Å². The summed E-state index contributed by atoms with van der Waals surface area (Å²) in [5, 5.41) is 7.92. The first-order chi connectivity index (χ1) is 12.2. The molecule has 27 heavy (non-hydrogen) atoms. The highest BCUT2D eigenvalue weighted by Crippen LogP contribution is 2.21. The van der Waals surface area contributed by atoms with Crippen molar-refractivity contribution in [2.24, 2.45) is 4.99 Å². The summed E-state index contributed by atoms with van der Waals surface area (Å²) in [6, 6.07) is 0. The van der Waals surface area contributed by atoms with E-state index in [1.165, 1.54) is 4.88 Å². The van der Waals surface area contributed by atoms with Crippen LogP contribution in [0.25, 0.3) is 0 Å². The van der Waals surface area contributed by atoms with E-state index in [0.717, 1.165) is 42.8 Å². The number of hydrogen-bond acceptors (Lipinski definition) is 5. The molecule has 0 aromatic carbocycles. The lowest BCUT2D eigenvalue weighted by molar-refractivity contribution is -0.0946. The van der Waals surface area contributed by atoms with Gasteiger partial charge in [0.05, 0.1) is 24.4 Å². The number of rotatable bonds is 6. The monoisotopic (exact) mass is 509 g/mol. The molecule has 1 aromatic heterocycles. The fourth-order valence-electron chi connectivity index (χ4n) is 3.18. The lowest BCUT2D eigenvalue weighted by Gasteiger charge is -2.45. The van der Waals surface area contributed by atoms with Crippen molar-refractivity contribution in [3.8, 4) is 0 Å². The zero-order valence-electron chi connectivity index (χ0n) is 17.8. The van der Waals surface area contributed by atoms with Gasteiger partial charge in [-0.2, -0.15) is 0 Å². The number of halogens is 1. The van der Waals surface area contributed by atoms with Crippen molar-refractivity contribution in [2.75, 3.05) is 26.2 Å². The van der Waals surface area contributed by atoms with Crippen LogP contribution in [0.4, 0.5) is 0 Å². The number of nitrogens with zero attached hydrogens (tertiary/aromatic N) is 3. The summed E-state index contributed by atoms with van der Waals surface area (Å²) in [7, 11) is 0. The molecule has 0 bridgehead atoms. The number of thiazole rings is 1. The van der Waals surface area contributed by atoms with Gasteiger partial charge in [-0.25, -0.2) is 9.98 Å². The number of aliphatic imine (C=N–C) groups is 1. The van der Waals surface area contributed by atoms with Crippen molar-refractivity contribution < 1.29 is 4.74 Å². The Kier molecular flexibility index (Phi) is 9.95. The van der Waals surface area contributed by atoms with Crippen LogP contribution >= 0.6 is 35.3 Å². The number of morpholine rings is 1. The highest BCUT2D eigenvalue weighted by Gasteiger charge is 2.33. The summed E-state index contributed by atoms with van der Waals surface area (Å²) in [6.45, 7) is 19.3. The van der Waals surface area contributed by atoms with Crippen LogP contribution in [0.5, 0.6) is 0 Å². The van der Waals surface area contributed by atoms with Gasteiger partial charge < -0.3 is 15.4 Å². The van der Waals surface area contributed by atoms with E-state index in [9.17, 15) is 0 Å². The van der Waals surface area contributed by atoms with E-state index in [2.05, 4.69) is 69.0 Å². The Hall–Kier alpha value is -0.450. The Bertz CT molecular complexity index is 590. The smallest absolute Gasteiger partial charge is 0.191 e. The van der Waals surface area contributed by atoms with Crippen LogP contribution in [-0.2, 0) is 11.3 Å². The van der Waals surface area contributed by atoms with Gasteiger partial charge in [0.2, 0.25) is 0 Å². The molecule has 0 radical (unpaired) electrons. The van der Waals surface area contributed by atoms with E-state index in [4.69, 9.17) is 9.73 Å². The molecule has 1 fully saturated rings. The Labute approximate surface area is 185 Å². The molecule has 1 saturated heterocycles. The normalized spacial score (nSPS) is 21.7. The van der Waals surface area contributed by atoms with Gasteiger partial charge in [0, 0.05) is 36.6 Å². The molecule has 2 N–H and O–H groups in total. The lowest BCUT2D eigenvalue weighted by Crippen LogP contribution is -2.59. The van der Waals surface area contributed by atoms with Gasteiger partial charge in [-0.3, -0.25) is 4.90 Å². The molecule has 0 spiro atoms. The molecule has 0 amide bonds. The molecule has 2 atom stereocenters. The second-order valence-corrected chi connectivity index (χ2v) is 9.06. The second kappa shape index (κ2) is 10.9. The van der Waals surface area contributed by atoms with Crippen molar-refractivity contribution in [1.29, 1.82) is 0 Å². The largest absolute Gasteiger partial charge is 0.373 e. The Balaban J connectivity index is 0.00000364. The van der Waals surface area contributed by atoms with Crippen LogP contribution in [0.1, 0.15) is 50.2 Å². The van der Waals surface area contributed by atoms with Crippen molar-refractivity contribution in [3.05, 3.63) is 15.6 Å². The standard InChI is InChI=1S/C19H35N5OS.HI/c1-8-20-18(21-9-17-23-15(4)16(5)26-17)22-12-19(6,7)24-10-13(2)25-14(3)11-24;/h13-14H,8-12H2,1-7H3,(H2,20,21,22);1H. The fraction of sp³-hybridized carbons (Fsp3) is 0.789. The van der Waals surface area contributed by atoms with Crippen LogP contribution in [-0.4, -0.2) is 59.8 Å². The summed E-state index contributed by atoms with van der Waals surface area (Å²) in [4.78, 5) is 13.1. The molecule has 156 valence electrons. The Morgan fingerprint density at radius 2 is 1.89 bits per heavy atom. The van der Waals surface area contributed by atoms with Gasteiger partial charge >= 0.3 is 0 Å². The van der Waals surface area contributed by atoms with E-state index >= 15 is 0 Å². The molecule has 6 nitrogen and oxygen atoms in total. The average molecular weight is 510 g/mol. The topological polar surface area (TPSA) is 61.8 Å². The predicted molar refractivity (Wildman–Crippen MR) is 125 cm³/mol. The number of hydrogen-bond donors (Lipinski definition) is 2. The summed E-state index contributed by atoms with van der Waals surface area (Å²) < 4.78 is 5.87. The van der Waals surface area contributed by atoms with E-state index in [-0.39, 0.29) is 41.7 Å². The van der Waals surface area contributed by atoms with E-state index in [0.29, 0.717) is 6.54 Å². The SMILES string of the molecule is CCNC(=NCc1nc(C)c(C)s1)NCC(C)(C)N1CC(C)OC(C)C1.I. The van der Waals surface area contributed by atoms with E-state index < -0.39 is 0 Å². The minimum atomic E-state index is 0. The van der Waals surface area contributed by atoms with Crippen molar-refractivity contribution in [1.82, 2.24) is 20.5 Å². The van der Waals surface area contributed by atoms with E-state index in [1.54, 1.807) is 11.3 Å². The molecule has 2 rings (SSSR count). The molecule has 0 saturated carbocycles. The third kappa shape index (κ3) is 7.47. The van der Waals surface area contributed by atoms with Gasteiger partial charge in [0.15, 0.2) is 5.96 Å². The quantitative estimate of drug-likeness (QED) is 0.350. The maximum Gasteiger partial charge on any atom is 0.191 e. The van der Waals surface area contributed by atoms with Crippen molar-refractivity contribution in [3.63, 3.8) is 0 Å². The minimum Gasteiger partial charge on any atom is -0.373 e. The molecule has 1 aromatic rings. The highest BCUT2D eigenvalue weighted by molar-refractivity contribution is 14.0. The lowest BCUT2D eigenvalue weighted by atomic mass is 10.00. The number of aryl methyl sites for hydroxylation is 2. The Morgan fingerprint density at radius 1 is 1.26 bits per heavy atom. The molecule has 2 heterocycles. The van der Waals surface area contributed by atoms with Crippen LogP contribution in [0.3, 0.4) is 0 Å². The first-order valence-electron chi connectivity index (χ1n) is 9.57. The highest BCUT2D eigenvalue weighted by atomic mass is 127. The third-order valence-corrected chi connectivity index (χ3v) is 5.81. The van der Waals surface area contributed by atoms with Gasteiger partial charge in [-0.15, -0.1) is 35.3 Å². The number of nitrogens with one attached hydrogen (secondary N) is 2. The van der Waals surface area contributed by atoms with Gasteiger partial charge in [0.25, 0.3) is 0 Å². The Morgan fingerprint density at radius 3 is 2.41 bits per heavy atom. The number of aromatic nitrogens is 1. The molecule has 8 heteroatoms. The van der Waals surface area contributed by atoms with Gasteiger partial charge in [0.1, 0.15) is 5.01 Å². The summed E-state index contributed by atoms with van der Waals surface area (Å²) in [5.74, 6) is 0.848. The minimum absolute atomic E-state index is 0. The molecule has 0 aliphatic carbocycles. The summed E-state index contributed by atoms with van der Waals surface area (Å²) in [5.41, 5.74) is 1.13. The van der Waals surface area contributed by atoms with Crippen LogP contribution in [0, 0.1) is 13.8 Å². The predicted octanol–water partition coefficient (Wildman–Crippen LogP) is 3.32. The summed E-state index contributed by atoms with van der Waals surface area (Å²) >= 11 is 1.73. The van der Waals surface area contributed by atoms with Crippen molar-refractivity contribution in [2.45, 2.75) is 72.8 Å². The zero-order valence-corrected chi connectivity index (χ0v) is 20.9. The first-order valence-corrected chi connectivity index (χ1v) is 10.4. The summed E-state index contributed by atoms with van der Waals surface area (Å²) in [6.07, 6.45) is 0.549. The fourth-order valence-corrected chi connectivity index (χ4v) is 4.04. The van der Waals surface area contributed by atoms with E-state index in [1.807, 2.05) is 0 Å². The number of guanidine groups is 1. The molecular formula is C19H36IN5OS. The second-order valence-electron chi connectivity index (χ2n) is 7.77. The molecule has 1 aliphatic heterocycles. The molecule has 2 unspecified atom stereocenters. The maximum absolute atomic E-state index is 5.87. The molecule has 1 aliphatic rings. The number of ether oxygens (including phenoxy) is 1. The molecular weight excluding hydrogens is 473 g/mol. The maximum atomic E-state index is 5.87.